The molecule has 2 N–H and O–H groups in total. The molecule has 0 amide bonds. The number of hydrogen-bond acceptors (Lipinski definition) is 2. The Balaban J connectivity index is 1.83. The Kier molecular flexibility index (Phi) is 3.35. The van der Waals surface area contributed by atoms with Gasteiger partial charge in [-0.15, -0.1) is 0 Å². The van der Waals surface area contributed by atoms with Crippen molar-refractivity contribution >= 4 is 5.69 Å². The van der Waals surface area contributed by atoms with Crippen molar-refractivity contribution in [2.24, 2.45) is 0 Å². The van der Waals surface area contributed by atoms with Gasteiger partial charge in [-0.3, -0.25) is 0 Å². The average Bonchev–Trinajstić information content (AvgIpc) is 3.25. The van der Waals surface area contributed by atoms with Gasteiger partial charge in [0.15, 0.2) is 0 Å². The Morgan fingerprint density at radius 3 is 2.80 bits per heavy atom. The molecule has 1 aliphatic carbocycles. The van der Waals surface area contributed by atoms with Crippen molar-refractivity contribution in [2.75, 3.05) is 5.73 Å². The van der Waals surface area contributed by atoms with Crippen molar-refractivity contribution in [3.05, 3.63) is 58.9 Å². The van der Waals surface area contributed by atoms with E-state index >= 15 is 0 Å². The lowest BCUT2D eigenvalue weighted by Gasteiger charge is -2.14. The molecule has 20 heavy (non-hydrogen) atoms. The summed E-state index contributed by atoms with van der Waals surface area (Å²) in [6, 6.07) is 10.6. The van der Waals surface area contributed by atoms with Crippen LogP contribution in [0.1, 0.15) is 35.4 Å². The van der Waals surface area contributed by atoms with Crippen molar-refractivity contribution in [1.29, 1.82) is 0 Å². The molecule has 2 aromatic carbocycles. The van der Waals surface area contributed by atoms with Gasteiger partial charge in [-0.25, -0.2) is 4.39 Å². The molecule has 0 heterocycles. The van der Waals surface area contributed by atoms with Crippen LogP contribution >= 0.6 is 0 Å². The number of nitrogen functional groups attached to an aromatic ring is 1. The molecule has 0 saturated heterocycles. The van der Waals surface area contributed by atoms with E-state index in [2.05, 4.69) is 6.07 Å². The van der Waals surface area contributed by atoms with Crippen LogP contribution < -0.4 is 10.5 Å². The number of hydrogen-bond donors (Lipinski definition) is 1. The van der Waals surface area contributed by atoms with Gasteiger partial charge in [0, 0.05) is 17.3 Å². The summed E-state index contributed by atoms with van der Waals surface area (Å²) in [6.07, 6.45) is 2.44. The summed E-state index contributed by atoms with van der Waals surface area (Å²) in [6.45, 7) is 2.30. The fourth-order valence-corrected chi connectivity index (χ4v) is 2.45. The zero-order valence-electron chi connectivity index (χ0n) is 11.5. The molecule has 0 atom stereocenters. The van der Waals surface area contributed by atoms with Crippen LogP contribution in [0.15, 0.2) is 36.4 Å². The molecule has 3 heteroatoms. The topological polar surface area (TPSA) is 35.2 Å². The van der Waals surface area contributed by atoms with Crippen molar-refractivity contribution in [3.63, 3.8) is 0 Å². The number of halogens is 1. The lowest BCUT2D eigenvalue weighted by atomic mass is 10.0. The third-order valence-electron chi connectivity index (χ3n) is 3.79. The number of rotatable bonds is 4. The Labute approximate surface area is 118 Å². The standard InChI is InChI=1S/C17H18FNO/c1-11-5-8-13(18)9-17(11)20-10-15-14(12-6-7-12)3-2-4-16(15)19/h2-5,8-9,12H,6-7,10,19H2,1H3. The van der Waals surface area contributed by atoms with Crippen LogP contribution in [-0.2, 0) is 6.61 Å². The predicted molar refractivity (Wildman–Crippen MR) is 78.3 cm³/mol. The fraction of sp³-hybridized carbons (Fsp3) is 0.294. The quantitative estimate of drug-likeness (QED) is 0.847. The third-order valence-corrected chi connectivity index (χ3v) is 3.79. The second kappa shape index (κ2) is 5.16. The van der Waals surface area contributed by atoms with E-state index in [1.807, 2.05) is 19.1 Å². The van der Waals surface area contributed by atoms with Gasteiger partial charge < -0.3 is 10.5 Å². The maximum atomic E-state index is 13.3. The third kappa shape index (κ3) is 2.62. The SMILES string of the molecule is Cc1ccc(F)cc1OCc1c(N)cccc1C1CC1. The minimum absolute atomic E-state index is 0.283. The van der Waals surface area contributed by atoms with Gasteiger partial charge in [0.2, 0.25) is 0 Å². The molecule has 0 bridgehead atoms. The minimum Gasteiger partial charge on any atom is -0.488 e. The summed E-state index contributed by atoms with van der Waals surface area (Å²) in [4.78, 5) is 0. The van der Waals surface area contributed by atoms with Crippen LogP contribution in [0.4, 0.5) is 10.1 Å². The summed E-state index contributed by atoms with van der Waals surface area (Å²) in [5, 5.41) is 0. The summed E-state index contributed by atoms with van der Waals surface area (Å²) in [5.74, 6) is 0.912. The van der Waals surface area contributed by atoms with E-state index in [1.54, 1.807) is 6.07 Å². The lowest BCUT2D eigenvalue weighted by molar-refractivity contribution is 0.302. The van der Waals surface area contributed by atoms with Gasteiger partial charge in [0.25, 0.3) is 0 Å². The molecule has 3 rings (SSSR count). The summed E-state index contributed by atoms with van der Waals surface area (Å²) >= 11 is 0. The number of benzene rings is 2. The zero-order chi connectivity index (χ0) is 14.1. The minimum atomic E-state index is -0.283. The number of aryl methyl sites for hydroxylation is 1. The van der Waals surface area contributed by atoms with Crippen LogP contribution in [0.25, 0.3) is 0 Å². The second-order valence-corrected chi connectivity index (χ2v) is 5.39. The van der Waals surface area contributed by atoms with E-state index in [9.17, 15) is 4.39 Å². The molecule has 0 unspecified atom stereocenters. The van der Waals surface area contributed by atoms with Crippen molar-refractivity contribution in [2.45, 2.75) is 32.3 Å². The summed E-state index contributed by atoms with van der Waals surface area (Å²) < 4.78 is 19.0. The fourth-order valence-electron chi connectivity index (χ4n) is 2.45. The molecular formula is C17H18FNO. The Morgan fingerprint density at radius 1 is 1.25 bits per heavy atom. The molecule has 1 saturated carbocycles. The normalized spacial score (nSPS) is 14.3. The Bertz CT molecular complexity index is 635. The van der Waals surface area contributed by atoms with Crippen molar-refractivity contribution < 1.29 is 9.13 Å². The number of nitrogens with two attached hydrogens (primary N) is 1. The first-order valence-corrected chi connectivity index (χ1v) is 6.91. The highest BCUT2D eigenvalue weighted by atomic mass is 19.1. The van der Waals surface area contributed by atoms with E-state index in [4.69, 9.17) is 10.5 Å². The van der Waals surface area contributed by atoms with Crippen LogP contribution in [-0.4, -0.2) is 0 Å². The van der Waals surface area contributed by atoms with Crippen LogP contribution in [0.3, 0.4) is 0 Å². The van der Waals surface area contributed by atoms with Gasteiger partial charge in [0.05, 0.1) is 0 Å². The lowest BCUT2D eigenvalue weighted by Crippen LogP contribution is -2.05. The molecular weight excluding hydrogens is 253 g/mol. The maximum absolute atomic E-state index is 13.3. The predicted octanol–water partition coefficient (Wildman–Crippen LogP) is 4.17. The first kappa shape index (κ1) is 13.0. The van der Waals surface area contributed by atoms with Crippen LogP contribution in [0, 0.1) is 12.7 Å². The van der Waals surface area contributed by atoms with Crippen LogP contribution in [0.5, 0.6) is 5.75 Å². The van der Waals surface area contributed by atoms with E-state index in [-0.39, 0.29) is 5.82 Å². The molecule has 0 aromatic heterocycles. The smallest absolute Gasteiger partial charge is 0.126 e. The van der Waals surface area contributed by atoms with Crippen molar-refractivity contribution in [3.8, 4) is 5.75 Å². The van der Waals surface area contributed by atoms with E-state index in [0.29, 0.717) is 18.3 Å². The van der Waals surface area contributed by atoms with Gasteiger partial charge >= 0.3 is 0 Å². The number of anilines is 1. The maximum Gasteiger partial charge on any atom is 0.126 e. The molecule has 1 fully saturated rings. The summed E-state index contributed by atoms with van der Waals surface area (Å²) in [5.41, 5.74) is 10.1. The zero-order valence-corrected chi connectivity index (χ0v) is 11.5. The van der Waals surface area contributed by atoms with E-state index in [0.717, 1.165) is 16.8 Å². The molecule has 0 radical (unpaired) electrons. The molecule has 1 aliphatic rings. The highest BCUT2D eigenvalue weighted by Gasteiger charge is 2.26. The van der Waals surface area contributed by atoms with Crippen molar-refractivity contribution in [1.82, 2.24) is 0 Å². The van der Waals surface area contributed by atoms with Gasteiger partial charge in [-0.2, -0.15) is 0 Å². The summed E-state index contributed by atoms with van der Waals surface area (Å²) in [7, 11) is 0. The molecule has 0 spiro atoms. The highest BCUT2D eigenvalue weighted by molar-refractivity contribution is 5.53. The average molecular weight is 271 g/mol. The first-order chi connectivity index (χ1) is 9.65. The Morgan fingerprint density at radius 2 is 2.05 bits per heavy atom. The Hall–Kier alpha value is -2.03. The highest BCUT2D eigenvalue weighted by Crippen LogP contribution is 2.43. The van der Waals surface area contributed by atoms with Crippen LogP contribution in [0.2, 0.25) is 0 Å². The molecule has 0 aliphatic heterocycles. The first-order valence-electron chi connectivity index (χ1n) is 6.91. The molecule has 104 valence electrons. The van der Waals surface area contributed by atoms with E-state index in [1.165, 1.54) is 30.5 Å². The number of ether oxygens (including phenoxy) is 1. The van der Waals surface area contributed by atoms with Gasteiger partial charge in [-0.05, 0) is 48.9 Å². The monoisotopic (exact) mass is 271 g/mol. The molecule has 2 aromatic rings. The second-order valence-electron chi connectivity index (χ2n) is 5.39. The van der Waals surface area contributed by atoms with Gasteiger partial charge in [-0.1, -0.05) is 18.2 Å². The largest absolute Gasteiger partial charge is 0.488 e. The van der Waals surface area contributed by atoms with Gasteiger partial charge in [0.1, 0.15) is 18.2 Å². The molecule has 2 nitrogen and oxygen atoms in total. The van der Waals surface area contributed by atoms with E-state index < -0.39 is 0 Å².